The third kappa shape index (κ3) is 3.50. The highest BCUT2D eigenvalue weighted by Crippen LogP contribution is 2.30. The Hall–Kier alpha value is -2.21. The highest BCUT2D eigenvalue weighted by Gasteiger charge is 2.29. The first kappa shape index (κ1) is 18.2. The topological polar surface area (TPSA) is 53.9 Å². The summed E-state index contributed by atoms with van der Waals surface area (Å²) < 4.78 is 2.09. The summed E-state index contributed by atoms with van der Waals surface area (Å²) in [5.74, 6) is 0.498. The Bertz CT molecular complexity index is 924. The van der Waals surface area contributed by atoms with Crippen LogP contribution in [-0.4, -0.2) is 22.9 Å². The van der Waals surface area contributed by atoms with Crippen molar-refractivity contribution < 1.29 is 0 Å². The van der Waals surface area contributed by atoms with Gasteiger partial charge >= 0.3 is 0 Å². The van der Waals surface area contributed by atoms with Gasteiger partial charge in [0.2, 0.25) is 0 Å². The zero-order chi connectivity index (χ0) is 18.8. The monoisotopic (exact) mass is 363 g/mol. The lowest BCUT2D eigenvalue weighted by molar-refractivity contribution is 0.443. The lowest BCUT2D eigenvalue weighted by Crippen LogP contribution is -2.29. The number of rotatable bonds is 6. The SMILES string of the molecule is CCn1nc(C)c(CNCC2CNNC2c2cccc3ccccc23)c1C. The van der Waals surface area contributed by atoms with Crippen LogP contribution in [0, 0.1) is 19.8 Å². The molecule has 4 rings (SSSR count). The number of nitrogens with one attached hydrogen (secondary N) is 3. The van der Waals surface area contributed by atoms with Crippen LogP contribution in [-0.2, 0) is 13.1 Å². The Morgan fingerprint density at radius 1 is 1.15 bits per heavy atom. The van der Waals surface area contributed by atoms with E-state index in [-0.39, 0.29) is 0 Å². The van der Waals surface area contributed by atoms with Crippen molar-refractivity contribution in [2.75, 3.05) is 13.1 Å². The number of fused-ring (bicyclic) bond motifs is 1. The minimum atomic E-state index is 0.309. The molecule has 142 valence electrons. The molecule has 1 aliphatic rings. The van der Waals surface area contributed by atoms with E-state index in [1.165, 1.54) is 27.6 Å². The number of hydrogen-bond acceptors (Lipinski definition) is 4. The van der Waals surface area contributed by atoms with Crippen molar-refractivity contribution >= 4 is 10.8 Å². The zero-order valence-corrected chi connectivity index (χ0v) is 16.4. The number of aromatic nitrogens is 2. The largest absolute Gasteiger partial charge is 0.312 e. The van der Waals surface area contributed by atoms with Crippen LogP contribution in [0.1, 0.15) is 35.5 Å². The molecular weight excluding hydrogens is 334 g/mol. The Balaban J connectivity index is 1.47. The van der Waals surface area contributed by atoms with Crippen LogP contribution >= 0.6 is 0 Å². The van der Waals surface area contributed by atoms with Crippen LogP contribution in [0.25, 0.3) is 10.8 Å². The van der Waals surface area contributed by atoms with Gasteiger partial charge in [0.05, 0.1) is 11.7 Å². The highest BCUT2D eigenvalue weighted by atomic mass is 15.4. The molecule has 27 heavy (non-hydrogen) atoms. The van der Waals surface area contributed by atoms with Crippen molar-refractivity contribution in [3.05, 3.63) is 65.0 Å². The van der Waals surface area contributed by atoms with E-state index in [1.807, 2.05) is 0 Å². The second kappa shape index (κ2) is 7.80. The van der Waals surface area contributed by atoms with E-state index in [0.717, 1.165) is 31.9 Å². The zero-order valence-electron chi connectivity index (χ0n) is 16.4. The standard InChI is InChI=1S/C22H29N5/c1-4-27-16(3)21(15(2)26-27)14-23-12-18-13-24-25-22(18)20-11-7-9-17-8-5-6-10-19(17)20/h5-11,18,22-25H,4,12-14H2,1-3H3. The quantitative estimate of drug-likeness (QED) is 0.629. The van der Waals surface area contributed by atoms with Crippen LogP contribution in [0.2, 0.25) is 0 Å². The number of benzene rings is 2. The van der Waals surface area contributed by atoms with Crippen LogP contribution in [0.4, 0.5) is 0 Å². The van der Waals surface area contributed by atoms with Crippen molar-refractivity contribution in [2.24, 2.45) is 5.92 Å². The molecule has 5 heteroatoms. The van der Waals surface area contributed by atoms with Crippen molar-refractivity contribution in [3.8, 4) is 0 Å². The Morgan fingerprint density at radius 3 is 2.78 bits per heavy atom. The van der Waals surface area contributed by atoms with Gasteiger partial charge in [-0.15, -0.1) is 0 Å². The molecule has 0 bridgehead atoms. The fraction of sp³-hybridized carbons (Fsp3) is 0.409. The predicted molar refractivity (Wildman–Crippen MR) is 110 cm³/mol. The van der Waals surface area contributed by atoms with E-state index in [1.54, 1.807) is 0 Å². The number of hydrogen-bond donors (Lipinski definition) is 3. The van der Waals surface area contributed by atoms with E-state index in [0.29, 0.717) is 12.0 Å². The van der Waals surface area contributed by atoms with Crippen LogP contribution in [0.15, 0.2) is 42.5 Å². The van der Waals surface area contributed by atoms with Crippen LogP contribution in [0.3, 0.4) is 0 Å². The molecule has 0 radical (unpaired) electrons. The lowest BCUT2D eigenvalue weighted by atomic mass is 9.91. The van der Waals surface area contributed by atoms with Crippen molar-refractivity contribution in [1.82, 2.24) is 25.9 Å². The Kier molecular flexibility index (Phi) is 5.25. The second-order valence-electron chi connectivity index (χ2n) is 7.43. The van der Waals surface area contributed by atoms with Gasteiger partial charge < -0.3 is 5.32 Å². The molecule has 2 heterocycles. The smallest absolute Gasteiger partial charge is 0.0641 e. The van der Waals surface area contributed by atoms with Gasteiger partial charge in [0.15, 0.2) is 0 Å². The molecule has 1 saturated heterocycles. The van der Waals surface area contributed by atoms with E-state index < -0.39 is 0 Å². The highest BCUT2D eigenvalue weighted by molar-refractivity contribution is 5.86. The summed E-state index contributed by atoms with van der Waals surface area (Å²) in [5.41, 5.74) is 12.0. The fourth-order valence-electron chi connectivity index (χ4n) is 4.26. The maximum absolute atomic E-state index is 4.63. The summed E-state index contributed by atoms with van der Waals surface area (Å²) in [6.07, 6.45) is 0. The molecule has 1 aromatic heterocycles. The van der Waals surface area contributed by atoms with Crippen LogP contribution in [0.5, 0.6) is 0 Å². The molecule has 1 aliphatic heterocycles. The number of aryl methyl sites for hydroxylation is 2. The third-order valence-corrected chi connectivity index (χ3v) is 5.79. The minimum Gasteiger partial charge on any atom is -0.312 e. The van der Waals surface area contributed by atoms with Gasteiger partial charge in [0.1, 0.15) is 0 Å². The fourth-order valence-corrected chi connectivity index (χ4v) is 4.26. The maximum atomic E-state index is 4.63. The third-order valence-electron chi connectivity index (χ3n) is 5.79. The average Bonchev–Trinajstić information content (AvgIpc) is 3.26. The van der Waals surface area contributed by atoms with E-state index in [2.05, 4.69) is 89.2 Å². The summed E-state index contributed by atoms with van der Waals surface area (Å²) in [6, 6.07) is 15.5. The summed E-state index contributed by atoms with van der Waals surface area (Å²) >= 11 is 0. The minimum absolute atomic E-state index is 0.309. The van der Waals surface area contributed by atoms with Crippen LogP contribution < -0.4 is 16.2 Å². The molecule has 3 N–H and O–H groups in total. The van der Waals surface area contributed by atoms with Gasteiger partial charge in [-0.2, -0.15) is 5.10 Å². The summed E-state index contributed by atoms with van der Waals surface area (Å²) in [6.45, 7) is 10.1. The Morgan fingerprint density at radius 2 is 1.96 bits per heavy atom. The summed E-state index contributed by atoms with van der Waals surface area (Å²) in [4.78, 5) is 0. The predicted octanol–water partition coefficient (Wildman–Crippen LogP) is 3.23. The molecular formula is C22H29N5. The van der Waals surface area contributed by atoms with Crippen molar-refractivity contribution in [1.29, 1.82) is 0 Å². The van der Waals surface area contributed by atoms with Crippen molar-refractivity contribution in [2.45, 2.75) is 39.9 Å². The van der Waals surface area contributed by atoms with E-state index in [4.69, 9.17) is 0 Å². The van der Waals surface area contributed by atoms with Gasteiger partial charge in [-0.25, -0.2) is 5.43 Å². The van der Waals surface area contributed by atoms with E-state index >= 15 is 0 Å². The molecule has 1 fully saturated rings. The maximum Gasteiger partial charge on any atom is 0.0641 e. The van der Waals surface area contributed by atoms with Crippen molar-refractivity contribution in [3.63, 3.8) is 0 Å². The molecule has 0 spiro atoms. The first-order chi connectivity index (χ1) is 13.2. The van der Waals surface area contributed by atoms with Gasteiger partial charge in [0, 0.05) is 43.4 Å². The molecule has 2 atom stereocenters. The molecule has 0 saturated carbocycles. The van der Waals surface area contributed by atoms with E-state index in [9.17, 15) is 0 Å². The molecule has 2 unspecified atom stereocenters. The van der Waals surface area contributed by atoms with Gasteiger partial charge in [-0.1, -0.05) is 42.5 Å². The normalized spacial score (nSPS) is 19.8. The first-order valence-electron chi connectivity index (χ1n) is 9.88. The molecule has 3 aromatic rings. The molecule has 5 nitrogen and oxygen atoms in total. The average molecular weight is 364 g/mol. The summed E-state index contributed by atoms with van der Waals surface area (Å²) in [5, 5.41) is 10.9. The lowest BCUT2D eigenvalue weighted by Gasteiger charge is -2.21. The van der Waals surface area contributed by atoms with Gasteiger partial charge in [-0.3, -0.25) is 10.1 Å². The molecule has 0 aliphatic carbocycles. The second-order valence-corrected chi connectivity index (χ2v) is 7.43. The van der Waals surface area contributed by atoms with Gasteiger partial charge in [0.25, 0.3) is 0 Å². The molecule has 2 aromatic carbocycles. The first-order valence-corrected chi connectivity index (χ1v) is 9.88. The van der Waals surface area contributed by atoms with Gasteiger partial charge in [-0.05, 0) is 37.1 Å². The molecule has 0 amide bonds. The number of hydrazine groups is 1. The Labute approximate surface area is 161 Å². The summed E-state index contributed by atoms with van der Waals surface area (Å²) in [7, 11) is 0. The number of nitrogens with zero attached hydrogens (tertiary/aromatic N) is 2.